The van der Waals surface area contributed by atoms with Gasteiger partial charge in [0.05, 0.1) is 17.6 Å². The first-order valence-corrected chi connectivity index (χ1v) is 8.90. The van der Waals surface area contributed by atoms with Crippen LogP contribution >= 0.6 is 0 Å². The minimum atomic E-state index is -3.72. The van der Waals surface area contributed by atoms with Crippen LogP contribution in [0.5, 0.6) is 5.75 Å². The third-order valence-corrected chi connectivity index (χ3v) is 5.42. The maximum Gasteiger partial charge on any atom is 0.335 e. The minimum Gasteiger partial charge on any atom is -0.497 e. The zero-order valence-electron chi connectivity index (χ0n) is 13.8. The summed E-state index contributed by atoms with van der Waals surface area (Å²) in [6, 6.07) is 12.2. The second kappa shape index (κ2) is 7.96. The van der Waals surface area contributed by atoms with Crippen LogP contribution in [0.25, 0.3) is 0 Å². The number of ether oxygens (including phenoxy) is 1. The number of benzene rings is 2. The fourth-order valence-corrected chi connectivity index (χ4v) is 3.64. The molecular weight excluding hydrogens is 342 g/mol. The topological polar surface area (TPSA) is 83.9 Å². The number of aromatic carboxylic acids is 1. The van der Waals surface area contributed by atoms with Crippen molar-refractivity contribution in [2.75, 3.05) is 13.7 Å². The van der Waals surface area contributed by atoms with Crippen LogP contribution in [-0.4, -0.2) is 37.5 Å². The lowest BCUT2D eigenvalue weighted by Gasteiger charge is -2.21. The van der Waals surface area contributed by atoms with Crippen molar-refractivity contribution in [2.24, 2.45) is 0 Å². The Morgan fingerprint density at radius 2 is 1.76 bits per heavy atom. The van der Waals surface area contributed by atoms with Crippen molar-refractivity contribution in [3.05, 3.63) is 72.3 Å². The van der Waals surface area contributed by atoms with Crippen LogP contribution in [0.15, 0.2) is 66.1 Å². The van der Waals surface area contributed by atoms with Gasteiger partial charge in [0.1, 0.15) is 5.75 Å². The summed E-state index contributed by atoms with van der Waals surface area (Å²) in [6.07, 6.45) is 1.51. The maximum absolute atomic E-state index is 12.8. The van der Waals surface area contributed by atoms with E-state index in [1.165, 1.54) is 41.8 Å². The molecule has 0 saturated heterocycles. The Kier molecular flexibility index (Phi) is 5.95. The van der Waals surface area contributed by atoms with Gasteiger partial charge in [-0.2, -0.15) is 4.31 Å². The van der Waals surface area contributed by atoms with E-state index in [2.05, 4.69) is 6.58 Å². The number of nitrogens with zero attached hydrogens (tertiary/aromatic N) is 1. The summed E-state index contributed by atoms with van der Waals surface area (Å²) in [5.41, 5.74) is 0.834. The van der Waals surface area contributed by atoms with Crippen LogP contribution in [0.4, 0.5) is 0 Å². The van der Waals surface area contributed by atoms with Crippen molar-refractivity contribution in [3.63, 3.8) is 0 Å². The molecule has 132 valence electrons. The second-order valence-corrected chi connectivity index (χ2v) is 7.20. The van der Waals surface area contributed by atoms with Crippen molar-refractivity contribution in [1.82, 2.24) is 4.31 Å². The highest BCUT2D eigenvalue weighted by atomic mass is 32.2. The molecule has 0 bridgehead atoms. The summed E-state index contributed by atoms with van der Waals surface area (Å²) in [6.45, 7) is 3.86. The molecule has 6 nitrogen and oxygen atoms in total. The van der Waals surface area contributed by atoms with E-state index in [4.69, 9.17) is 9.84 Å². The van der Waals surface area contributed by atoms with Crippen LogP contribution in [0.3, 0.4) is 0 Å². The second-order valence-electron chi connectivity index (χ2n) is 5.26. The Hall–Kier alpha value is -2.64. The average molecular weight is 361 g/mol. The molecule has 0 heterocycles. The zero-order valence-corrected chi connectivity index (χ0v) is 14.6. The number of carbonyl (C=O) groups is 1. The fraction of sp³-hybridized carbons (Fsp3) is 0.167. The largest absolute Gasteiger partial charge is 0.497 e. The lowest BCUT2D eigenvalue weighted by molar-refractivity contribution is 0.0697. The first-order chi connectivity index (χ1) is 11.9. The van der Waals surface area contributed by atoms with Gasteiger partial charge in [-0.05, 0) is 42.0 Å². The van der Waals surface area contributed by atoms with Crippen molar-refractivity contribution in [1.29, 1.82) is 0 Å². The molecular formula is C18H19NO5S. The number of hydrogen-bond acceptors (Lipinski definition) is 4. The summed E-state index contributed by atoms with van der Waals surface area (Å²) < 4.78 is 32.0. The Morgan fingerprint density at radius 3 is 2.24 bits per heavy atom. The Bertz CT molecular complexity index is 842. The highest BCUT2D eigenvalue weighted by Gasteiger charge is 2.23. The van der Waals surface area contributed by atoms with E-state index < -0.39 is 16.0 Å². The Labute approximate surface area is 147 Å². The molecule has 0 amide bonds. The molecule has 0 unspecified atom stereocenters. The van der Waals surface area contributed by atoms with E-state index in [-0.39, 0.29) is 23.5 Å². The number of carboxylic acids is 1. The normalized spacial score (nSPS) is 11.3. The van der Waals surface area contributed by atoms with Gasteiger partial charge in [-0.1, -0.05) is 18.2 Å². The summed E-state index contributed by atoms with van der Waals surface area (Å²) in [4.78, 5) is 11.1. The average Bonchev–Trinajstić information content (AvgIpc) is 2.61. The lowest BCUT2D eigenvalue weighted by atomic mass is 10.1. The van der Waals surface area contributed by atoms with Crippen molar-refractivity contribution in [3.8, 4) is 5.75 Å². The summed E-state index contributed by atoms with van der Waals surface area (Å²) >= 11 is 0. The highest BCUT2D eigenvalue weighted by molar-refractivity contribution is 7.89. The molecule has 2 aromatic rings. The zero-order chi connectivity index (χ0) is 18.4. The molecule has 2 rings (SSSR count). The Morgan fingerprint density at radius 1 is 1.16 bits per heavy atom. The van der Waals surface area contributed by atoms with E-state index in [1.807, 2.05) is 0 Å². The third-order valence-electron chi connectivity index (χ3n) is 3.59. The van der Waals surface area contributed by atoms with Crippen LogP contribution in [-0.2, 0) is 16.6 Å². The van der Waals surface area contributed by atoms with Gasteiger partial charge in [-0.15, -0.1) is 6.58 Å². The highest BCUT2D eigenvalue weighted by Crippen LogP contribution is 2.21. The number of hydrogen-bond donors (Lipinski definition) is 1. The van der Waals surface area contributed by atoms with E-state index in [9.17, 15) is 13.2 Å². The quantitative estimate of drug-likeness (QED) is 0.731. The molecule has 25 heavy (non-hydrogen) atoms. The molecule has 0 aliphatic heterocycles. The van der Waals surface area contributed by atoms with Gasteiger partial charge in [0.15, 0.2) is 0 Å². The van der Waals surface area contributed by atoms with E-state index >= 15 is 0 Å². The van der Waals surface area contributed by atoms with Gasteiger partial charge >= 0.3 is 5.97 Å². The molecule has 0 aromatic heterocycles. The van der Waals surface area contributed by atoms with Gasteiger partial charge in [-0.25, -0.2) is 13.2 Å². The van der Waals surface area contributed by atoms with Crippen LogP contribution in [0.2, 0.25) is 0 Å². The van der Waals surface area contributed by atoms with Gasteiger partial charge in [0, 0.05) is 13.1 Å². The van der Waals surface area contributed by atoms with Gasteiger partial charge in [0.25, 0.3) is 0 Å². The van der Waals surface area contributed by atoms with Crippen LogP contribution in [0.1, 0.15) is 15.9 Å². The molecule has 0 atom stereocenters. The predicted molar refractivity (Wildman–Crippen MR) is 94.2 cm³/mol. The fourth-order valence-electron chi connectivity index (χ4n) is 2.24. The third kappa shape index (κ3) is 4.46. The van der Waals surface area contributed by atoms with Crippen molar-refractivity contribution < 1.29 is 23.1 Å². The molecule has 0 aliphatic rings. The molecule has 0 spiro atoms. The smallest absolute Gasteiger partial charge is 0.335 e. The van der Waals surface area contributed by atoms with Crippen LogP contribution < -0.4 is 4.74 Å². The molecule has 0 saturated carbocycles. The van der Waals surface area contributed by atoms with Gasteiger partial charge in [-0.3, -0.25) is 0 Å². The van der Waals surface area contributed by atoms with Gasteiger partial charge < -0.3 is 9.84 Å². The van der Waals surface area contributed by atoms with E-state index in [0.717, 1.165) is 0 Å². The summed E-state index contributed by atoms with van der Waals surface area (Å²) in [5, 5.41) is 8.93. The first kappa shape index (κ1) is 18.7. The minimum absolute atomic E-state index is 0.111. The molecule has 7 heteroatoms. The number of carboxylic acid groups (broad SMARTS) is 1. The molecule has 0 radical (unpaired) electrons. The molecule has 2 aromatic carbocycles. The number of methoxy groups -OCH3 is 1. The van der Waals surface area contributed by atoms with Crippen molar-refractivity contribution >= 4 is 16.0 Å². The summed E-state index contributed by atoms with van der Waals surface area (Å²) in [5.74, 6) is -0.459. The SMILES string of the molecule is C=CCN(Cc1ccc(C(=O)O)cc1)S(=O)(=O)c1ccc(OC)cc1. The standard InChI is InChI=1S/C18H19NO5S/c1-3-12-19(13-14-4-6-15(7-5-14)18(20)21)25(22,23)17-10-8-16(24-2)9-11-17/h3-11H,1,12-13H2,2H3,(H,20,21). The predicted octanol–water partition coefficient (Wildman–Crippen LogP) is 2.77. The molecule has 1 N–H and O–H groups in total. The Balaban J connectivity index is 2.28. The first-order valence-electron chi connectivity index (χ1n) is 7.46. The molecule has 0 fully saturated rings. The lowest BCUT2D eigenvalue weighted by Crippen LogP contribution is -2.30. The van der Waals surface area contributed by atoms with Crippen LogP contribution in [0, 0.1) is 0 Å². The summed E-state index contributed by atoms with van der Waals surface area (Å²) in [7, 11) is -2.21. The number of sulfonamides is 1. The van der Waals surface area contributed by atoms with Crippen molar-refractivity contribution in [2.45, 2.75) is 11.4 Å². The molecule has 0 aliphatic carbocycles. The van der Waals surface area contributed by atoms with E-state index in [0.29, 0.717) is 11.3 Å². The van der Waals surface area contributed by atoms with E-state index in [1.54, 1.807) is 24.3 Å². The number of rotatable bonds is 8. The van der Waals surface area contributed by atoms with Gasteiger partial charge in [0.2, 0.25) is 10.0 Å². The monoisotopic (exact) mass is 361 g/mol. The maximum atomic E-state index is 12.8.